The van der Waals surface area contributed by atoms with E-state index in [0.717, 1.165) is 13.0 Å². The third kappa shape index (κ3) is 3.33. The molecule has 1 nitrogen and oxygen atoms in total. The molecule has 0 aliphatic rings. The lowest BCUT2D eigenvalue weighted by Crippen LogP contribution is -2.37. The minimum atomic E-state index is 0.212. The standard InChI is InChI=1S/C14H22BrN/c1-6-14(4,5)16-9-12-8-7-10(2)13(15)11(12)3/h7-8,16H,6,9H2,1-5H3. The Kier molecular flexibility index (Phi) is 4.57. The molecule has 0 spiro atoms. The van der Waals surface area contributed by atoms with Crippen LogP contribution >= 0.6 is 15.9 Å². The van der Waals surface area contributed by atoms with Gasteiger partial charge in [-0.2, -0.15) is 0 Å². The third-order valence-corrected chi connectivity index (χ3v) is 4.55. The van der Waals surface area contributed by atoms with E-state index in [9.17, 15) is 0 Å². The Morgan fingerprint density at radius 2 is 1.88 bits per heavy atom. The number of aryl methyl sites for hydroxylation is 1. The number of rotatable bonds is 4. The zero-order chi connectivity index (χ0) is 12.3. The van der Waals surface area contributed by atoms with Gasteiger partial charge in [0, 0.05) is 16.6 Å². The molecule has 0 fully saturated rings. The summed E-state index contributed by atoms with van der Waals surface area (Å²) in [6.45, 7) is 11.9. The van der Waals surface area contributed by atoms with E-state index in [1.54, 1.807) is 0 Å². The van der Waals surface area contributed by atoms with Crippen molar-refractivity contribution in [1.29, 1.82) is 0 Å². The van der Waals surface area contributed by atoms with Gasteiger partial charge in [-0.05, 0) is 50.8 Å². The Labute approximate surface area is 108 Å². The number of hydrogen-bond donors (Lipinski definition) is 1. The lowest BCUT2D eigenvalue weighted by Gasteiger charge is -2.25. The molecule has 0 atom stereocenters. The van der Waals surface area contributed by atoms with Crippen LogP contribution in [-0.2, 0) is 6.54 Å². The Bertz CT molecular complexity index is 369. The molecule has 0 radical (unpaired) electrons. The summed E-state index contributed by atoms with van der Waals surface area (Å²) in [6, 6.07) is 4.39. The summed E-state index contributed by atoms with van der Waals surface area (Å²) in [5.74, 6) is 0. The topological polar surface area (TPSA) is 12.0 Å². The highest BCUT2D eigenvalue weighted by Crippen LogP contribution is 2.24. The zero-order valence-corrected chi connectivity index (χ0v) is 12.5. The second-order valence-corrected chi connectivity index (χ2v) is 5.86. The maximum atomic E-state index is 3.64. The van der Waals surface area contributed by atoms with Gasteiger partial charge in [-0.1, -0.05) is 35.0 Å². The average molecular weight is 284 g/mol. The SMILES string of the molecule is CCC(C)(C)NCc1ccc(C)c(Br)c1C. The fraction of sp³-hybridized carbons (Fsp3) is 0.571. The summed E-state index contributed by atoms with van der Waals surface area (Å²) in [4.78, 5) is 0. The van der Waals surface area contributed by atoms with Crippen molar-refractivity contribution < 1.29 is 0 Å². The first-order valence-corrected chi connectivity index (χ1v) is 6.66. The first-order valence-electron chi connectivity index (χ1n) is 5.87. The van der Waals surface area contributed by atoms with Crippen LogP contribution in [0.4, 0.5) is 0 Å². The van der Waals surface area contributed by atoms with Crippen molar-refractivity contribution in [2.75, 3.05) is 0 Å². The molecule has 1 N–H and O–H groups in total. The molecule has 0 heterocycles. The zero-order valence-electron chi connectivity index (χ0n) is 10.9. The second-order valence-electron chi connectivity index (χ2n) is 5.07. The van der Waals surface area contributed by atoms with Crippen molar-refractivity contribution in [2.45, 2.75) is 53.1 Å². The fourth-order valence-corrected chi connectivity index (χ4v) is 1.90. The summed E-state index contributed by atoms with van der Waals surface area (Å²) in [6.07, 6.45) is 1.14. The Hall–Kier alpha value is -0.340. The van der Waals surface area contributed by atoms with Gasteiger partial charge in [0.15, 0.2) is 0 Å². The molecule has 1 rings (SSSR count). The van der Waals surface area contributed by atoms with E-state index < -0.39 is 0 Å². The predicted octanol–water partition coefficient (Wildman–Crippen LogP) is 4.34. The Balaban J connectivity index is 2.80. The van der Waals surface area contributed by atoms with Crippen LogP contribution in [0.2, 0.25) is 0 Å². The summed E-state index contributed by atoms with van der Waals surface area (Å²) in [7, 11) is 0. The molecule has 0 aromatic heterocycles. The monoisotopic (exact) mass is 283 g/mol. The molecule has 0 unspecified atom stereocenters. The molecule has 0 saturated carbocycles. The smallest absolute Gasteiger partial charge is 0.0236 e. The number of halogens is 1. The van der Waals surface area contributed by atoms with E-state index >= 15 is 0 Å². The molecule has 0 aliphatic heterocycles. The van der Waals surface area contributed by atoms with Crippen molar-refractivity contribution in [1.82, 2.24) is 5.32 Å². The van der Waals surface area contributed by atoms with Crippen molar-refractivity contribution in [3.05, 3.63) is 33.3 Å². The van der Waals surface area contributed by atoms with Crippen LogP contribution < -0.4 is 5.32 Å². The lowest BCUT2D eigenvalue weighted by atomic mass is 10.00. The van der Waals surface area contributed by atoms with Crippen molar-refractivity contribution in [3.63, 3.8) is 0 Å². The van der Waals surface area contributed by atoms with Crippen molar-refractivity contribution in [3.8, 4) is 0 Å². The minimum absolute atomic E-state index is 0.212. The highest BCUT2D eigenvalue weighted by atomic mass is 79.9. The van der Waals surface area contributed by atoms with E-state index in [1.807, 2.05) is 0 Å². The van der Waals surface area contributed by atoms with Gasteiger partial charge in [-0.25, -0.2) is 0 Å². The quantitative estimate of drug-likeness (QED) is 0.867. The fourth-order valence-electron chi connectivity index (χ4n) is 1.51. The Morgan fingerprint density at radius 3 is 2.44 bits per heavy atom. The highest BCUT2D eigenvalue weighted by Gasteiger charge is 2.14. The van der Waals surface area contributed by atoms with E-state index in [-0.39, 0.29) is 5.54 Å². The molecule has 90 valence electrons. The molecular formula is C14H22BrN. The van der Waals surface area contributed by atoms with Gasteiger partial charge in [0.2, 0.25) is 0 Å². The van der Waals surface area contributed by atoms with Gasteiger partial charge in [0.25, 0.3) is 0 Å². The molecule has 0 saturated heterocycles. The molecule has 0 aliphatic carbocycles. The van der Waals surface area contributed by atoms with Crippen LogP contribution in [-0.4, -0.2) is 5.54 Å². The number of hydrogen-bond acceptors (Lipinski definition) is 1. The molecule has 16 heavy (non-hydrogen) atoms. The summed E-state index contributed by atoms with van der Waals surface area (Å²) < 4.78 is 1.24. The van der Waals surface area contributed by atoms with Gasteiger partial charge in [-0.15, -0.1) is 0 Å². The normalized spacial score (nSPS) is 11.9. The van der Waals surface area contributed by atoms with Crippen molar-refractivity contribution in [2.24, 2.45) is 0 Å². The highest BCUT2D eigenvalue weighted by molar-refractivity contribution is 9.10. The third-order valence-electron chi connectivity index (χ3n) is 3.33. The maximum absolute atomic E-state index is 3.64. The molecule has 2 heteroatoms. The number of nitrogens with one attached hydrogen (secondary N) is 1. The maximum Gasteiger partial charge on any atom is 0.0236 e. The summed E-state index contributed by atoms with van der Waals surface area (Å²) in [5.41, 5.74) is 4.23. The minimum Gasteiger partial charge on any atom is -0.308 e. The van der Waals surface area contributed by atoms with Crippen molar-refractivity contribution >= 4 is 15.9 Å². The number of benzene rings is 1. The summed E-state index contributed by atoms with van der Waals surface area (Å²) in [5, 5.41) is 3.59. The van der Waals surface area contributed by atoms with E-state index in [4.69, 9.17) is 0 Å². The van der Waals surface area contributed by atoms with Crippen LogP contribution in [0.3, 0.4) is 0 Å². The molecular weight excluding hydrogens is 262 g/mol. The molecule has 0 amide bonds. The van der Waals surface area contributed by atoms with Crippen LogP contribution in [0.15, 0.2) is 16.6 Å². The van der Waals surface area contributed by atoms with Gasteiger partial charge in [0.05, 0.1) is 0 Å². The predicted molar refractivity (Wildman–Crippen MR) is 74.8 cm³/mol. The van der Waals surface area contributed by atoms with E-state index in [1.165, 1.54) is 21.2 Å². The first-order chi connectivity index (χ1) is 7.37. The van der Waals surface area contributed by atoms with Gasteiger partial charge < -0.3 is 5.32 Å². The molecule has 1 aromatic rings. The van der Waals surface area contributed by atoms with Gasteiger partial charge >= 0.3 is 0 Å². The van der Waals surface area contributed by atoms with Crippen LogP contribution in [0, 0.1) is 13.8 Å². The van der Waals surface area contributed by atoms with Crippen LogP contribution in [0.25, 0.3) is 0 Å². The molecule has 1 aromatic carbocycles. The van der Waals surface area contributed by atoms with Crippen LogP contribution in [0.1, 0.15) is 43.9 Å². The van der Waals surface area contributed by atoms with Crippen LogP contribution in [0.5, 0.6) is 0 Å². The average Bonchev–Trinajstić information content (AvgIpc) is 2.25. The van der Waals surface area contributed by atoms with E-state index in [0.29, 0.717) is 0 Å². The molecule has 0 bridgehead atoms. The first kappa shape index (κ1) is 13.7. The summed E-state index contributed by atoms with van der Waals surface area (Å²) >= 11 is 3.64. The Morgan fingerprint density at radius 1 is 1.25 bits per heavy atom. The largest absolute Gasteiger partial charge is 0.308 e. The second kappa shape index (κ2) is 5.33. The lowest BCUT2D eigenvalue weighted by molar-refractivity contribution is 0.374. The van der Waals surface area contributed by atoms with E-state index in [2.05, 4.69) is 68.0 Å². The van der Waals surface area contributed by atoms with Gasteiger partial charge in [0.1, 0.15) is 0 Å². The van der Waals surface area contributed by atoms with Gasteiger partial charge in [-0.3, -0.25) is 0 Å².